The van der Waals surface area contributed by atoms with Crippen LogP contribution < -0.4 is 9.47 Å². The first-order chi connectivity index (χ1) is 13.4. The van der Waals surface area contributed by atoms with Crippen molar-refractivity contribution in [3.8, 4) is 11.5 Å². The van der Waals surface area contributed by atoms with Crippen molar-refractivity contribution in [3.63, 3.8) is 0 Å². The van der Waals surface area contributed by atoms with Crippen LogP contribution in [0.2, 0.25) is 0 Å². The van der Waals surface area contributed by atoms with E-state index in [9.17, 15) is 8.42 Å². The van der Waals surface area contributed by atoms with Crippen LogP contribution >= 0.6 is 0 Å². The minimum absolute atomic E-state index is 0.0362. The Morgan fingerprint density at radius 2 is 1.93 bits per heavy atom. The first-order valence-electron chi connectivity index (χ1n) is 9.53. The summed E-state index contributed by atoms with van der Waals surface area (Å²) in [5.41, 5.74) is 3.96. The molecule has 2 aliphatic rings. The molecule has 1 N–H and O–H groups in total. The molecule has 146 valence electrons. The van der Waals surface area contributed by atoms with Crippen LogP contribution in [0.1, 0.15) is 36.5 Å². The second kappa shape index (κ2) is 6.01. The summed E-state index contributed by atoms with van der Waals surface area (Å²) in [7, 11) is -3.11. The number of ether oxygens (including phenoxy) is 2. The van der Waals surface area contributed by atoms with Crippen molar-refractivity contribution in [3.05, 3.63) is 59.3 Å². The average molecular weight is 397 g/mol. The molecule has 28 heavy (non-hydrogen) atoms. The summed E-state index contributed by atoms with van der Waals surface area (Å²) >= 11 is 0. The van der Waals surface area contributed by atoms with Gasteiger partial charge >= 0.3 is 0 Å². The third-order valence-electron chi connectivity index (χ3n) is 6.15. The van der Waals surface area contributed by atoms with Crippen LogP contribution in [0.3, 0.4) is 0 Å². The zero-order valence-electron chi connectivity index (χ0n) is 16.0. The molecule has 2 heterocycles. The predicted molar refractivity (Wildman–Crippen MR) is 109 cm³/mol. The molecule has 0 spiro atoms. The van der Waals surface area contributed by atoms with Gasteiger partial charge in [-0.25, -0.2) is 8.42 Å². The fraction of sp³-hybridized carbons (Fsp3) is 0.364. The molecule has 1 atom stereocenters. The molecule has 2 aromatic carbocycles. The second-order valence-corrected chi connectivity index (χ2v) is 10.3. The fourth-order valence-electron chi connectivity index (χ4n) is 4.54. The standard InChI is InChI=1S/C22H23NO4S/c1-22(15-6-7-15,16-8-9-19-20(10-16)27-13-26-19)18-11-23-21-14(12-28(2,24)25)4-3-5-17(18)21/h3-5,8-11,15,23H,6-7,12-13H2,1-2H3. The third-order valence-corrected chi connectivity index (χ3v) is 6.98. The SMILES string of the molecule is CC(c1ccc2c(c1)OCO2)(c1c[nH]c2c(CS(C)(=O)=O)cccc12)C1CC1. The number of rotatable bonds is 5. The van der Waals surface area contributed by atoms with E-state index in [1.54, 1.807) is 0 Å². The highest BCUT2D eigenvalue weighted by Gasteiger charge is 2.45. The van der Waals surface area contributed by atoms with E-state index in [4.69, 9.17) is 9.47 Å². The normalized spacial score (nSPS) is 18.4. The molecule has 1 fully saturated rings. The zero-order chi connectivity index (χ0) is 19.5. The number of aromatic nitrogens is 1. The quantitative estimate of drug-likeness (QED) is 0.702. The van der Waals surface area contributed by atoms with E-state index >= 15 is 0 Å². The lowest BCUT2D eigenvalue weighted by molar-refractivity contribution is 0.174. The molecule has 1 aliphatic carbocycles. The van der Waals surface area contributed by atoms with Gasteiger partial charge in [0.25, 0.3) is 0 Å². The Balaban J connectivity index is 1.67. The van der Waals surface area contributed by atoms with Gasteiger partial charge in [0, 0.05) is 28.8 Å². The highest BCUT2D eigenvalue weighted by atomic mass is 32.2. The summed E-state index contributed by atoms with van der Waals surface area (Å²) < 4.78 is 34.8. The van der Waals surface area contributed by atoms with E-state index in [-0.39, 0.29) is 18.0 Å². The first-order valence-corrected chi connectivity index (χ1v) is 11.6. The van der Waals surface area contributed by atoms with E-state index in [0.29, 0.717) is 5.92 Å². The highest BCUT2D eigenvalue weighted by molar-refractivity contribution is 7.89. The van der Waals surface area contributed by atoms with Crippen LogP contribution in [0.4, 0.5) is 0 Å². The number of sulfone groups is 1. The van der Waals surface area contributed by atoms with E-state index in [1.165, 1.54) is 30.2 Å². The Labute approximate surface area is 164 Å². The molecule has 0 bridgehead atoms. The minimum Gasteiger partial charge on any atom is -0.454 e. The summed E-state index contributed by atoms with van der Waals surface area (Å²) in [6, 6.07) is 12.1. The van der Waals surface area contributed by atoms with Gasteiger partial charge in [0.05, 0.1) is 5.75 Å². The van der Waals surface area contributed by atoms with Gasteiger partial charge in [-0.05, 0) is 47.6 Å². The van der Waals surface area contributed by atoms with Gasteiger partial charge in [-0.15, -0.1) is 0 Å². The second-order valence-electron chi connectivity index (χ2n) is 8.16. The fourth-order valence-corrected chi connectivity index (χ4v) is 5.35. The van der Waals surface area contributed by atoms with Crippen LogP contribution in [0, 0.1) is 5.92 Å². The molecule has 3 aromatic rings. The van der Waals surface area contributed by atoms with Crippen molar-refractivity contribution in [2.24, 2.45) is 5.92 Å². The summed E-state index contributed by atoms with van der Waals surface area (Å²) in [5.74, 6) is 2.16. The van der Waals surface area contributed by atoms with Gasteiger partial charge in [-0.2, -0.15) is 0 Å². The Morgan fingerprint density at radius 1 is 1.14 bits per heavy atom. The Morgan fingerprint density at radius 3 is 2.68 bits per heavy atom. The molecule has 1 aliphatic heterocycles. The van der Waals surface area contributed by atoms with Crippen LogP contribution in [-0.4, -0.2) is 26.5 Å². The van der Waals surface area contributed by atoms with Crippen LogP contribution in [0.5, 0.6) is 11.5 Å². The summed E-state index contributed by atoms with van der Waals surface area (Å²) in [6.45, 7) is 2.55. The molecule has 1 saturated carbocycles. The molecule has 6 heteroatoms. The van der Waals surface area contributed by atoms with Gasteiger partial charge in [-0.3, -0.25) is 0 Å². The Hall–Kier alpha value is -2.47. The number of nitrogens with one attached hydrogen (secondary N) is 1. The van der Waals surface area contributed by atoms with Crippen molar-refractivity contribution in [1.82, 2.24) is 4.98 Å². The Bertz CT molecular complexity index is 1180. The lowest BCUT2D eigenvalue weighted by Crippen LogP contribution is -2.26. The molecule has 0 amide bonds. The maximum Gasteiger partial charge on any atom is 0.231 e. The van der Waals surface area contributed by atoms with E-state index in [0.717, 1.165) is 28.0 Å². The molecule has 1 unspecified atom stereocenters. The maximum absolute atomic E-state index is 11.9. The van der Waals surface area contributed by atoms with E-state index < -0.39 is 9.84 Å². The average Bonchev–Trinajstić information content (AvgIpc) is 3.24. The monoisotopic (exact) mass is 397 g/mol. The van der Waals surface area contributed by atoms with Gasteiger partial charge in [0.1, 0.15) is 0 Å². The van der Waals surface area contributed by atoms with E-state index in [1.807, 2.05) is 18.2 Å². The summed E-state index contributed by atoms with van der Waals surface area (Å²) in [4.78, 5) is 3.37. The largest absolute Gasteiger partial charge is 0.454 e. The Kier molecular flexibility index (Phi) is 3.78. The molecule has 0 radical (unpaired) electrons. The number of hydrogen-bond donors (Lipinski definition) is 1. The number of benzene rings is 2. The molecule has 5 rings (SSSR count). The van der Waals surface area contributed by atoms with Gasteiger partial charge in [0.15, 0.2) is 21.3 Å². The minimum atomic E-state index is -3.11. The zero-order valence-corrected chi connectivity index (χ0v) is 16.8. The van der Waals surface area contributed by atoms with E-state index in [2.05, 4.69) is 36.3 Å². The third kappa shape index (κ3) is 2.78. The summed E-state index contributed by atoms with van der Waals surface area (Å²) in [6.07, 6.45) is 5.69. The van der Waals surface area contributed by atoms with Gasteiger partial charge in [-0.1, -0.05) is 31.2 Å². The molecule has 5 nitrogen and oxygen atoms in total. The number of hydrogen-bond acceptors (Lipinski definition) is 4. The lowest BCUT2D eigenvalue weighted by atomic mass is 9.72. The summed E-state index contributed by atoms with van der Waals surface area (Å²) in [5, 5.41) is 1.09. The number of fused-ring (bicyclic) bond motifs is 2. The van der Waals surface area contributed by atoms with Crippen LogP contribution in [0.25, 0.3) is 10.9 Å². The highest BCUT2D eigenvalue weighted by Crippen LogP contribution is 2.54. The smallest absolute Gasteiger partial charge is 0.231 e. The molecule has 0 saturated heterocycles. The van der Waals surface area contributed by atoms with Gasteiger partial charge in [0.2, 0.25) is 6.79 Å². The van der Waals surface area contributed by atoms with Crippen LogP contribution in [-0.2, 0) is 21.0 Å². The van der Waals surface area contributed by atoms with Crippen molar-refractivity contribution < 1.29 is 17.9 Å². The number of aromatic amines is 1. The van der Waals surface area contributed by atoms with Gasteiger partial charge < -0.3 is 14.5 Å². The molecule has 1 aromatic heterocycles. The first kappa shape index (κ1) is 17.6. The number of H-pyrrole nitrogens is 1. The molecular weight excluding hydrogens is 374 g/mol. The van der Waals surface area contributed by atoms with Crippen molar-refractivity contribution in [1.29, 1.82) is 0 Å². The van der Waals surface area contributed by atoms with Crippen LogP contribution in [0.15, 0.2) is 42.6 Å². The van der Waals surface area contributed by atoms with Crippen molar-refractivity contribution in [2.45, 2.75) is 30.9 Å². The molecular formula is C22H23NO4S. The lowest BCUT2D eigenvalue weighted by Gasteiger charge is -2.31. The number of para-hydroxylation sites is 1. The predicted octanol–water partition coefficient (Wildman–Crippen LogP) is 4.16. The van der Waals surface area contributed by atoms with Crippen molar-refractivity contribution in [2.75, 3.05) is 13.0 Å². The maximum atomic E-state index is 11.9. The topological polar surface area (TPSA) is 68.4 Å². The van der Waals surface area contributed by atoms with Crippen molar-refractivity contribution >= 4 is 20.7 Å².